The number of nitro groups is 1. The highest BCUT2D eigenvalue weighted by Crippen LogP contribution is 2.32. The highest BCUT2D eigenvalue weighted by atomic mass is 79.9. The number of carbonyl (C=O) groups excluding carboxylic acids is 1. The first kappa shape index (κ1) is 20.9. The number of ketones is 1. The number of rotatable bonds is 4. The van der Waals surface area contributed by atoms with Crippen LogP contribution >= 0.6 is 27.3 Å². The number of H-pyrrole nitrogens is 1. The molecule has 0 unspecified atom stereocenters. The van der Waals surface area contributed by atoms with Crippen LogP contribution in [-0.4, -0.2) is 15.7 Å². The fourth-order valence-corrected chi connectivity index (χ4v) is 3.81. The number of aromatic amines is 1. The first-order valence-corrected chi connectivity index (χ1v) is 10.2. The molecule has 29 heavy (non-hydrogen) atoms. The van der Waals surface area contributed by atoms with Gasteiger partial charge in [-0.15, -0.1) is 11.3 Å². The minimum atomic E-state index is -0.529. The van der Waals surface area contributed by atoms with Gasteiger partial charge >= 0.3 is 0 Å². The number of non-ortho nitro benzene ring substituents is 1. The van der Waals surface area contributed by atoms with Crippen molar-refractivity contribution in [2.24, 2.45) is 5.41 Å². The SMILES string of the molecule is CC(C)(C)C(=O)/C=c1\[nH]c(=O)/c(=C\c2ccc(-c3ccc([N+](=O)[O-])cc3Br)o2)s1. The van der Waals surface area contributed by atoms with Crippen LogP contribution in [-0.2, 0) is 4.79 Å². The predicted molar refractivity (Wildman–Crippen MR) is 115 cm³/mol. The predicted octanol–water partition coefficient (Wildman–Crippen LogP) is 3.59. The molecule has 0 atom stereocenters. The number of hydrogen-bond acceptors (Lipinski definition) is 6. The quantitative estimate of drug-likeness (QED) is 0.457. The lowest BCUT2D eigenvalue weighted by Crippen LogP contribution is -2.22. The third kappa shape index (κ3) is 4.80. The molecule has 0 bridgehead atoms. The Bertz CT molecular complexity index is 1280. The average Bonchev–Trinajstić information content (AvgIpc) is 3.21. The molecule has 0 saturated heterocycles. The third-order valence-electron chi connectivity index (χ3n) is 4.01. The van der Waals surface area contributed by atoms with Crippen molar-refractivity contribution in [2.75, 3.05) is 0 Å². The summed E-state index contributed by atoms with van der Waals surface area (Å²) in [6.07, 6.45) is 3.02. The molecular weight excluding hydrogens is 460 g/mol. The summed E-state index contributed by atoms with van der Waals surface area (Å²) in [7, 11) is 0. The van der Waals surface area contributed by atoms with Crippen LogP contribution in [0.5, 0.6) is 0 Å². The smallest absolute Gasteiger partial charge is 0.270 e. The molecule has 2 heterocycles. The topological polar surface area (TPSA) is 106 Å². The lowest BCUT2D eigenvalue weighted by atomic mass is 9.91. The maximum Gasteiger partial charge on any atom is 0.270 e. The van der Waals surface area contributed by atoms with Gasteiger partial charge in [0.25, 0.3) is 11.2 Å². The summed E-state index contributed by atoms with van der Waals surface area (Å²) in [6, 6.07) is 7.81. The molecular formula is C20H17BrN2O5S. The van der Waals surface area contributed by atoms with Gasteiger partial charge in [0.1, 0.15) is 11.5 Å². The molecule has 0 radical (unpaired) electrons. The van der Waals surface area contributed by atoms with Crippen molar-refractivity contribution in [3.63, 3.8) is 0 Å². The molecule has 1 aromatic carbocycles. The zero-order valence-electron chi connectivity index (χ0n) is 15.8. The summed E-state index contributed by atoms with van der Waals surface area (Å²) in [6.45, 7) is 5.43. The number of nitrogens with zero attached hydrogens (tertiary/aromatic N) is 1. The van der Waals surface area contributed by atoms with Crippen LogP contribution in [0.1, 0.15) is 26.5 Å². The molecule has 0 aliphatic heterocycles. The number of thiazole rings is 1. The number of Topliss-reactive ketones (excluding diaryl/α,β-unsaturated/α-hetero) is 1. The van der Waals surface area contributed by atoms with Crippen LogP contribution in [0.4, 0.5) is 5.69 Å². The molecule has 3 aromatic rings. The van der Waals surface area contributed by atoms with Crippen LogP contribution in [0.25, 0.3) is 23.5 Å². The fourth-order valence-electron chi connectivity index (χ4n) is 2.38. The summed E-state index contributed by atoms with van der Waals surface area (Å²) in [4.78, 5) is 37.4. The highest BCUT2D eigenvalue weighted by Gasteiger charge is 2.18. The van der Waals surface area contributed by atoms with Crippen LogP contribution in [0.3, 0.4) is 0 Å². The van der Waals surface area contributed by atoms with E-state index in [2.05, 4.69) is 20.9 Å². The van der Waals surface area contributed by atoms with Crippen LogP contribution in [0.15, 0.2) is 44.0 Å². The Kier molecular flexibility index (Phi) is 5.72. The number of hydrogen-bond donors (Lipinski definition) is 1. The van der Waals surface area contributed by atoms with Crippen molar-refractivity contribution in [3.05, 3.63) is 70.2 Å². The summed E-state index contributed by atoms with van der Waals surface area (Å²) < 4.78 is 7.18. The molecule has 9 heteroatoms. The van der Waals surface area contributed by atoms with Crippen LogP contribution < -0.4 is 14.8 Å². The zero-order valence-corrected chi connectivity index (χ0v) is 18.2. The van der Waals surface area contributed by atoms with E-state index in [0.717, 1.165) is 0 Å². The van der Waals surface area contributed by atoms with E-state index in [0.29, 0.717) is 30.8 Å². The van der Waals surface area contributed by atoms with Gasteiger partial charge in [0.05, 0.1) is 14.1 Å². The van der Waals surface area contributed by atoms with Crippen molar-refractivity contribution in [2.45, 2.75) is 20.8 Å². The highest BCUT2D eigenvalue weighted by molar-refractivity contribution is 9.10. The van der Waals surface area contributed by atoms with E-state index in [1.54, 1.807) is 24.3 Å². The van der Waals surface area contributed by atoms with Gasteiger partial charge in [-0.1, -0.05) is 20.8 Å². The van der Waals surface area contributed by atoms with Gasteiger partial charge in [-0.05, 0) is 34.1 Å². The molecule has 0 amide bonds. The molecule has 7 nitrogen and oxygen atoms in total. The fraction of sp³-hybridized carbons (Fsp3) is 0.200. The van der Waals surface area contributed by atoms with E-state index in [9.17, 15) is 19.7 Å². The molecule has 0 aliphatic carbocycles. The van der Waals surface area contributed by atoms with Gasteiger partial charge in [-0.3, -0.25) is 19.7 Å². The summed E-state index contributed by atoms with van der Waals surface area (Å²) in [5, 5.41) is 10.9. The Morgan fingerprint density at radius 3 is 2.62 bits per heavy atom. The van der Waals surface area contributed by atoms with Crippen molar-refractivity contribution in [1.82, 2.24) is 4.98 Å². The van der Waals surface area contributed by atoms with Gasteiger partial charge in [0.15, 0.2) is 5.78 Å². The monoisotopic (exact) mass is 476 g/mol. The Morgan fingerprint density at radius 1 is 1.28 bits per heavy atom. The molecule has 1 N–H and O–H groups in total. The van der Waals surface area contributed by atoms with E-state index in [1.165, 1.54) is 29.5 Å². The lowest BCUT2D eigenvalue weighted by molar-refractivity contribution is -0.384. The van der Waals surface area contributed by atoms with E-state index < -0.39 is 10.3 Å². The van der Waals surface area contributed by atoms with Crippen molar-refractivity contribution in [3.8, 4) is 11.3 Å². The second-order valence-electron chi connectivity index (χ2n) is 7.31. The number of aromatic nitrogens is 1. The Morgan fingerprint density at radius 2 is 2.00 bits per heavy atom. The Labute approximate surface area is 177 Å². The molecule has 0 aliphatic rings. The summed E-state index contributed by atoms with van der Waals surface area (Å²) in [5.74, 6) is 0.872. The lowest BCUT2D eigenvalue weighted by Gasteiger charge is -2.12. The molecule has 0 saturated carbocycles. The standard InChI is InChI=1S/C20H17BrN2O5S/c1-20(2,3)17(24)10-18-22-19(25)16(29-18)9-12-5-7-15(28-12)13-6-4-11(23(26)27)8-14(13)21/h4-10H,1-3H3,(H,22,25)/b16-9+,18-10+. The van der Waals surface area contributed by atoms with Gasteiger partial charge in [0, 0.05) is 39.7 Å². The van der Waals surface area contributed by atoms with Gasteiger partial charge in [-0.2, -0.15) is 0 Å². The van der Waals surface area contributed by atoms with Gasteiger partial charge in [0.2, 0.25) is 0 Å². The third-order valence-corrected chi connectivity index (χ3v) is 5.63. The second kappa shape index (κ2) is 7.92. The maximum absolute atomic E-state index is 12.2. The number of nitro benzene ring substituents is 1. The summed E-state index contributed by atoms with van der Waals surface area (Å²) >= 11 is 4.49. The second-order valence-corrected chi connectivity index (χ2v) is 9.25. The normalized spacial score (nSPS) is 13.1. The maximum atomic E-state index is 12.2. The molecule has 150 valence electrons. The zero-order chi connectivity index (χ0) is 21.3. The van der Waals surface area contributed by atoms with Crippen LogP contribution in [0, 0.1) is 15.5 Å². The minimum absolute atomic E-state index is 0.0299. The van der Waals surface area contributed by atoms with Crippen molar-refractivity contribution in [1.29, 1.82) is 0 Å². The van der Waals surface area contributed by atoms with E-state index in [4.69, 9.17) is 4.42 Å². The van der Waals surface area contributed by atoms with Gasteiger partial charge < -0.3 is 9.40 Å². The first-order valence-electron chi connectivity index (χ1n) is 8.56. The molecule has 2 aromatic heterocycles. The van der Waals surface area contributed by atoms with E-state index in [-0.39, 0.29) is 17.0 Å². The Balaban J connectivity index is 1.96. The van der Waals surface area contributed by atoms with Crippen molar-refractivity contribution < 1.29 is 14.1 Å². The molecule has 0 fully saturated rings. The number of carbonyl (C=O) groups is 1. The molecule has 0 spiro atoms. The summed E-state index contributed by atoms with van der Waals surface area (Å²) in [5.41, 5.74) is -0.214. The van der Waals surface area contributed by atoms with Gasteiger partial charge in [-0.25, -0.2) is 0 Å². The number of benzene rings is 1. The molecule has 3 rings (SSSR count). The van der Waals surface area contributed by atoms with Crippen LogP contribution in [0.2, 0.25) is 0 Å². The van der Waals surface area contributed by atoms with E-state index in [1.807, 2.05) is 20.8 Å². The van der Waals surface area contributed by atoms with E-state index >= 15 is 0 Å². The average molecular weight is 477 g/mol. The number of nitrogens with one attached hydrogen (secondary N) is 1. The van der Waals surface area contributed by atoms with Crippen molar-refractivity contribution >= 4 is 50.9 Å². The number of furan rings is 1. The Hall–Kier alpha value is -2.78. The largest absolute Gasteiger partial charge is 0.457 e. The first-order chi connectivity index (χ1) is 13.5. The number of halogens is 1. The minimum Gasteiger partial charge on any atom is -0.457 e.